The van der Waals surface area contributed by atoms with E-state index in [0.717, 1.165) is 5.16 Å². The van der Waals surface area contributed by atoms with Crippen LogP contribution in [-0.4, -0.2) is 40.8 Å². The van der Waals surface area contributed by atoms with Crippen molar-refractivity contribution < 1.29 is 18.7 Å². The van der Waals surface area contributed by atoms with Crippen LogP contribution in [0.4, 0.5) is 5.69 Å². The van der Waals surface area contributed by atoms with E-state index >= 15 is 0 Å². The highest BCUT2D eigenvalue weighted by molar-refractivity contribution is 7.98. The van der Waals surface area contributed by atoms with Crippen molar-refractivity contribution in [1.29, 1.82) is 0 Å². The fourth-order valence-electron chi connectivity index (χ4n) is 2.17. The molecule has 0 spiro atoms. The summed E-state index contributed by atoms with van der Waals surface area (Å²) in [5.74, 6) is 1.67. The Labute approximate surface area is 160 Å². The summed E-state index contributed by atoms with van der Waals surface area (Å²) in [6.45, 7) is 0.903. The molecule has 3 rings (SSSR count). The predicted octanol–water partition coefficient (Wildman–Crippen LogP) is 2.98. The third-order valence-electron chi connectivity index (χ3n) is 3.54. The Hall–Kier alpha value is -2.78. The topological polar surface area (TPSA) is 91.4 Å². The molecule has 3 heterocycles. The molecule has 27 heavy (non-hydrogen) atoms. The highest BCUT2D eigenvalue weighted by atomic mass is 32.2. The van der Waals surface area contributed by atoms with E-state index in [-0.39, 0.29) is 11.7 Å². The Kier molecular flexibility index (Phi) is 6.50. The van der Waals surface area contributed by atoms with E-state index in [0.29, 0.717) is 36.3 Å². The molecular weight excluding hydrogens is 368 g/mol. The van der Waals surface area contributed by atoms with Crippen molar-refractivity contribution in [2.75, 3.05) is 25.6 Å². The summed E-state index contributed by atoms with van der Waals surface area (Å²) in [6.07, 6.45) is 5.15. The van der Waals surface area contributed by atoms with Gasteiger partial charge in [0.05, 0.1) is 24.2 Å². The fraction of sp³-hybridized carbons (Fsp3) is 0.278. The molecule has 0 fully saturated rings. The molecular formula is C18H20N4O4S. The van der Waals surface area contributed by atoms with Gasteiger partial charge in [0, 0.05) is 32.6 Å². The Balaban J connectivity index is 1.52. The van der Waals surface area contributed by atoms with Crippen LogP contribution in [0.1, 0.15) is 16.3 Å². The highest BCUT2D eigenvalue weighted by Crippen LogP contribution is 2.22. The number of imidazole rings is 1. The first-order valence-corrected chi connectivity index (χ1v) is 9.22. The highest BCUT2D eigenvalue weighted by Gasteiger charge is 2.13. The first-order chi connectivity index (χ1) is 13.2. The number of carbonyl (C=O) groups excluding carboxylic acids is 1. The zero-order valence-corrected chi connectivity index (χ0v) is 15.9. The van der Waals surface area contributed by atoms with Gasteiger partial charge in [0.2, 0.25) is 5.88 Å². The molecule has 0 aliphatic rings. The number of carbonyl (C=O) groups is 1. The van der Waals surface area contributed by atoms with Crippen LogP contribution in [0.25, 0.3) is 0 Å². The average Bonchev–Trinajstić information content (AvgIpc) is 3.30. The number of amides is 1. The Morgan fingerprint density at radius 3 is 2.85 bits per heavy atom. The second-order valence-corrected chi connectivity index (χ2v) is 6.50. The van der Waals surface area contributed by atoms with Crippen molar-refractivity contribution in [3.8, 4) is 5.88 Å². The number of methoxy groups -OCH3 is 1. The lowest BCUT2D eigenvalue weighted by atomic mass is 10.3. The summed E-state index contributed by atoms with van der Waals surface area (Å²) < 4.78 is 17.8. The monoisotopic (exact) mass is 388 g/mol. The first-order valence-electron chi connectivity index (χ1n) is 8.23. The smallest absolute Gasteiger partial charge is 0.291 e. The van der Waals surface area contributed by atoms with E-state index in [4.69, 9.17) is 13.9 Å². The average molecular weight is 388 g/mol. The van der Waals surface area contributed by atoms with Gasteiger partial charge in [0.1, 0.15) is 12.4 Å². The van der Waals surface area contributed by atoms with Crippen LogP contribution < -0.4 is 10.1 Å². The number of nitrogens with zero attached hydrogens (tertiary/aromatic N) is 3. The predicted molar refractivity (Wildman–Crippen MR) is 101 cm³/mol. The molecule has 0 aliphatic carbocycles. The van der Waals surface area contributed by atoms with E-state index in [2.05, 4.69) is 15.3 Å². The third kappa shape index (κ3) is 5.35. The molecule has 0 aliphatic heterocycles. The number of hydrogen-bond donors (Lipinski definition) is 1. The normalized spacial score (nSPS) is 10.7. The van der Waals surface area contributed by atoms with Gasteiger partial charge in [0.25, 0.3) is 5.91 Å². The Bertz CT molecular complexity index is 876. The maximum absolute atomic E-state index is 12.3. The van der Waals surface area contributed by atoms with Crippen LogP contribution in [0.3, 0.4) is 0 Å². The summed E-state index contributed by atoms with van der Waals surface area (Å²) in [4.78, 5) is 20.7. The molecule has 0 bridgehead atoms. The molecule has 1 amide bonds. The van der Waals surface area contributed by atoms with Crippen molar-refractivity contribution in [2.24, 2.45) is 7.05 Å². The summed E-state index contributed by atoms with van der Waals surface area (Å²) in [5, 5.41) is 3.63. The fourth-order valence-corrected chi connectivity index (χ4v) is 2.99. The zero-order valence-electron chi connectivity index (χ0n) is 15.0. The molecule has 0 unspecified atom stereocenters. The molecule has 0 atom stereocenters. The molecule has 3 aromatic heterocycles. The van der Waals surface area contributed by atoms with Crippen LogP contribution in [-0.2, 0) is 17.5 Å². The molecule has 0 saturated carbocycles. The summed E-state index contributed by atoms with van der Waals surface area (Å²) in [7, 11) is 3.53. The number of furan rings is 1. The molecule has 9 heteroatoms. The molecule has 0 aromatic carbocycles. The number of pyridine rings is 1. The number of anilines is 1. The lowest BCUT2D eigenvalue weighted by Crippen LogP contribution is -2.11. The Morgan fingerprint density at radius 2 is 2.15 bits per heavy atom. The van der Waals surface area contributed by atoms with Gasteiger partial charge in [-0.2, -0.15) is 0 Å². The second kappa shape index (κ2) is 9.24. The van der Waals surface area contributed by atoms with Gasteiger partial charge in [-0.3, -0.25) is 4.79 Å². The minimum Gasteiger partial charge on any atom is -0.475 e. The summed E-state index contributed by atoms with van der Waals surface area (Å²) in [5.41, 5.74) is 0.555. The van der Waals surface area contributed by atoms with Crippen LogP contribution in [0.5, 0.6) is 5.88 Å². The van der Waals surface area contributed by atoms with E-state index in [1.54, 1.807) is 37.6 Å². The van der Waals surface area contributed by atoms with Gasteiger partial charge >= 0.3 is 0 Å². The largest absolute Gasteiger partial charge is 0.475 e. The second-order valence-electron chi connectivity index (χ2n) is 5.56. The molecule has 0 radical (unpaired) electrons. The Morgan fingerprint density at radius 1 is 1.26 bits per heavy atom. The molecule has 3 aromatic rings. The van der Waals surface area contributed by atoms with Crippen LogP contribution >= 0.6 is 11.8 Å². The number of hydrogen-bond acceptors (Lipinski definition) is 7. The van der Waals surface area contributed by atoms with Crippen LogP contribution in [0, 0.1) is 0 Å². The molecule has 1 N–H and O–H groups in total. The van der Waals surface area contributed by atoms with Crippen LogP contribution in [0.15, 0.2) is 52.4 Å². The van der Waals surface area contributed by atoms with Crippen LogP contribution in [0.2, 0.25) is 0 Å². The van der Waals surface area contributed by atoms with E-state index in [9.17, 15) is 4.79 Å². The van der Waals surface area contributed by atoms with Crippen molar-refractivity contribution in [2.45, 2.75) is 10.9 Å². The molecule has 8 nitrogen and oxygen atoms in total. The lowest BCUT2D eigenvalue weighted by molar-refractivity contribution is 0.0995. The van der Waals surface area contributed by atoms with Gasteiger partial charge in [0.15, 0.2) is 10.9 Å². The van der Waals surface area contributed by atoms with E-state index < -0.39 is 0 Å². The zero-order chi connectivity index (χ0) is 19.1. The first kappa shape index (κ1) is 19.0. The minimum absolute atomic E-state index is 0.242. The standard InChI is InChI=1S/C18H20N4O4S/c1-22-8-7-19-18(22)27-12-14-4-5-15(26-14)17(23)21-13-3-6-16(20-11-13)25-10-9-24-2/h3-8,11H,9-10,12H2,1-2H3,(H,21,23). The van der Waals surface area contributed by atoms with Gasteiger partial charge in [-0.05, 0) is 18.2 Å². The van der Waals surface area contributed by atoms with Gasteiger partial charge in [-0.1, -0.05) is 11.8 Å². The minimum atomic E-state index is -0.335. The molecule has 142 valence electrons. The summed E-state index contributed by atoms with van der Waals surface area (Å²) >= 11 is 1.54. The molecule has 0 saturated heterocycles. The van der Waals surface area contributed by atoms with Crippen molar-refractivity contribution in [3.05, 3.63) is 54.4 Å². The van der Waals surface area contributed by atoms with Crippen molar-refractivity contribution in [1.82, 2.24) is 14.5 Å². The lowest BCUT2D eigenvalue weighted by Gasteiger charge is -2.06. The third-order valence-corrected chi connectivity index (χ3v) is 4.62. The summed E-state index contributed by atoms with van der Waals surface area (Å²) in [6, 6.07) is 6.84. The number of thioether (sulfide) groups is 1. The number of rotatable bonds is 9. The maximum Gasteiger partial charge on any atom is 0.291 e. The van der Waals surface area contributed by atoms with E-state index in [1.807, 2.05) is 17.8 Å². The number of aromatic nitrogens is 3. The van der Waals surface area contributed by atoms with Gasteiger partial charge < -0.3 is 23.8 Å². The number of aryl methyl sites for hydroxylation is 1. The van der Waals surface area contributed by atoms with Crippen molar-refractivity contribution >= 4 is 23.4 Å². The number of ether oxygens (including phenoxy) is 2. The maximum atomic E-state index is 12.3. The SMILES string of the molecule is COCCOc1ccc(NC(=O)c2ccc(CSc3nccn3C)o2)cn1. The quantitative estimate of drug-likeness (QED) is 0.445. The number of nitrogens with one attached hydrogen (secondary N) is 1. The van der Waals surface area contributed by atoms with Crippen molar-refractivity contribution in [3.63, 3.8) is 0 Å². The van der Waals surface area contributed by atoms with E-state index in [1.165, 1.54) is 18.0 Å². The van der Waals surface area contributed by atoms with Gasteiger partial charge in [-0.25, -0.2) is 9.97 Å². The van der Waals surface area contributed by atoms with Gasteiger partial charge in [-0.15, -0.1) is 0 Å².